The first-order valence-electron chi connectivity index (χ1n) is 11.7. The standard InChI is InChI=1S/C26H29N5O3S/c1-15-23(25(32)28-3)18-6-5-17(11-20(18)30(15)4)34-21-7-9-29-19-12-22(35-24(19)21)26(33)31-10-8-16(14-31)13-27-2/h5-7,9,11-12,16,27H,8,10,13-14H2,1-4H3,(H,28,32). The lowest BCUT2D eigenvalue weighted by molar-refractivity contribution is 0.0791. The highest BCUT2D eigenvalue weighted by Crippen LogP contribution is 2.37. The zero-order valence-electron chi connectivity index (χ0n) is 20.3. The topological polar surface area (TPSA) is 88.5 Å². The largest absolute Gasteiger partial charge is 0.456 e. The summed E-state index contributed by atoms with van der Waals surface area (Å²) in [6, 6.07) is 9.40. The van der Waals surface area contributed by atoms with E-state index in [-0.39, 0.29) is 11.8 Å². The summed E-state index contributed by atoms with van der Waals surface area (Å²) in [5.41, 5.74) is 3.22. The number of hydrogen-bond donors (Lipinski definition) is 2. The molecule has 1 aromatic carbocycles. The van der Waals surface area contributed by atoms with Gasteiger partial charge in [0.1, 0.15) is 11.5 Å². The molecule has 182 valence electrons. The van der Waals surface area contributed by atoms with Crippen LogP contribution in [0.2, 0.25) is 0 Å². The van der Waals surface area contributed by atoms with Crippen LogP contribution in [0.25, 0.3) is 21.1 Å². The summed E-state index contributed by atoms with van der Waals surface area (Å²) in [6.45, 7) is 4.41. The molecule has 2 N–H and O–H groups in total. The Morgan fingerprint density at radius 3 is 2.83 bits per heavy atom. The third-order valence-corrected chi connectivity index (χ3v) is 7.93. The molecule has 9 heteroatoms. The molecule has 1 unspecified atom stereocenters. The molecule has 0 spiro atoms. The van der Waals surface area contributed by atoms with Crippen LogP contribution in [-0.2, 0) is 7.05 Å². The van der Waals surface area contributed by atoms with Gasteiger partial charge >= 0.3 is 0 Å². The van der Waals surface area contributed by atoms with Gasteiger partial charge in [0.05, 0.1) is 26.2 Å². The monoisotopic (exact) mass is 491 g/mol. The van der Waals surface area contributed by atoms with E-state index < -0.39 is 0 Å². The van der Waals surface area contributed by atoms with Gasteiger partial charge < -0.3 is 24.8 Å². The van der Waals surface area contributed by atoms with Gasteiger partial charge in [-0.15, -0.1) is 11.3 Å². The quantitative estimate of drug-likeness (QED) is 0.427. The number of carbonyl (C=O) groups is 2. The van der Waals surface area contributed by atoms with E-state index in [0.717, 1.165) is 52.9 Å². The van der Waals surface area contributed by atoms with E-state index in [4.69, 9.17) is 4.74 Å². The fourth-order valence-electron chi connectivity index (χ4n) is 4.87. The number of benzene rings is 1. The summed E-state index contributed by atoms with van der Waals surface area (Å²) in [6.07, 6.45) is 2.72. The first-order valence-corrected chi connectivity index (χ1v) is 12.5. The lowest BCUT2D eigenvalue weighted by atomic mass is 10.1. The van der Waals surface area contributed by atoms with Gasteiger partial charge in [-0.25, -0.2) is 0 Å². The Hall–Kier alpha value is -3.43. The second-order valence-electron chi connectivity index (χ2n) is 8.98. The van der Waals surface area contributed by atoms with Crippen LogP contribution in [-0.4, -0.2) is 60.0 Å². The minimum absolute atomic E-state index is 0.0555. The van der Waals surface area contributed by atoms with Gasteiger partial charge in [-0.2, -0.15) is 0 Å². The van der Waals surface area contributed by atoms with E-state index in [2.05, 4.69) is 15.6 Å². The zero-order valence-corrected chi connectivity index (χ0v) is 21.2. The van der Waals surface area contributed by atoms with E-state index in [1.807, 2.05) is 60.8 Å². The Labute approximate surface area is 207 Å². The Morgan fingerprint density at radius 1 is 1.23 bits per heavy atom. The third kappa shape index (κ3) is 4.15. The Morgan fingerprint density at radius 2 is 2.06 bits per heavy atom. The van der Waals surface area contributed by atoms with Crippen molar-refractivity contribution >= 4 is 44.3 Å². The molecule has 0 aliphatic carbocycles. The molecule has 0 radical (unpaired) electrons. The summed E-state index contributed by atoms with van der Waals surface area (Å²) in [7, 11) is 5.52. The molecule has 1 aliphatic heterocycles. The summed E-state index contributed by atoms with van der Waals surface area (Å²) in [4.78, 5) is 32.6. The van der Waals surface area contributed by atoms with Crippen LogP contribution in [0.3, 0.4) is 0 Å². The van der Waals surface area contributed by atoms with E-state index in [0.29, 0.717) is 27.9 Å². The molecular formula is C26H29N5O3S. The van der Waals surface area contributed by atoms with Crippen LogP contribution in [0.15, 0.2) is 36.5 Å². The molecule has 1 fully saturated rings. The second-order valence-corrected chi connectivity index (χ2v) is 10.0. The number of carbonyl (C=O) groups excluding carboxylic acids is 2. The smallest absolute Gasteiger partial charge is 0.264 e. The lowest BCUT2D eigenvalue weighted by Gasteiger charge is -2.15. The highest BCUT2D eigenvalue weighted by molar-refractivity contribution is 7.21. The lowest BCUT2D eigenvalue weighted by Crippen LogP contribution is -2.29. The van der Waals surface area contributed by atoms with Gasteiger partial charge in [-0.05, 0) is 51.1 Å². The van der Waals surface area contributed by atoms with Gasteiger partial charge in [-0.1, -0.05) is 0 Å². The number of fused-ring (bicyclic) bond motifs is 2. The van der Waals surface area contributed by atoms with Crippen LogP contribution in [0, 0.1) is 12.8 Å². The van der Waals surface area contributed by atoms with Crippen molar-refractivity contribution in [2.45, 2.75) is 13.3 Å². The van der Waals surface area contributed by atoms with Crippen LogP contribution < -0.4 is 15.4 Å². The number of amides is 2. The third-order valence-electron chi connectivity index (χ3n) is 6.80. The predicted octanol–water partition coefficient (Wildman–Crippen LogP) is 3.93. The number of pyridine rings is 1. The van der Waals surface area contributed by atoms with Crippen molar-refractivity contribution < 1.29 is 14.3 Å². The highest BCUT2D eigenvalue weighted by atomic mass is 32.1. The maximum absolute atomic E-state index is 13.1. The van der Waals surface area contributed by atoms with Gasteiger partial charge in [0, 0.05) is 56.6 Å². The summed E-state index contributed by atoms with van der Waals surface area (Å²) < 4.78 is 9.12. The fourth-order valence-corrected chi connectivity index (χ4v) is 5.91. The Bertz CT molecular complexity index is 1440. The molecule has 1 aliphatic rings. The highest BCUT2D eigenvalue weighted by Gasteiger charge is 2.28. The minimum Gasteiger partial charge on any atom is -0.456 e. The van der Waals surface area contributed by atoms with E-state index in [1.165, 1.54) is 11.3 Å². The van der Waals surface area contributed by atoms with Crippen molar-refractivity contribution in [3.8, 4) is 11.5 Å². The summed E-state index contributed by atoms with van der Waals surface area (Å²) in [5, 5.41) is 6.80. The van der Waals surface area contributed by atoms with E-state index >= 15 is 0 Å². The minimum atomic E-state index is -0.108. The summed E-state index contributed by atoms with van der Waals surface area (Å²) in [5.74, 6) is 1.76. The molecule has 4 aromatic rings. The number of nitrogens with one attached hydrogen (secondary N) is 2. The van der Waals surface area contributed by atoms with Crippen LogP contribution in [0.5, 0.6) is 11.5 Å². The SMILES string of the molecule is CNCC1CCN(C(=O)c2cc3nccc(Oc4ccc5c(C(=O)NC)c(C)n(C)c5c4)c3s2)C1. The number of nitrogens with zero attached hydrogens (tertiary/aromatic N) is 3. The average molecular weight is 492 g/mol. The van der Waals surface area contributed by atoms with Crippen molar-refractivity contribution in [2.75, 3.05) is 33.7 Å². The average Bonchev–Trinajstić information content (AvgIpc) is 3.57. The maximum Gasteiger partial charge on any atom is 0.264 e. The molecule has 8 nitrogen and oxygen atoms in total. The van der Waals surface area contributed by atoms with Crippen molar-refractivity contribution in [3.05, 3.63) is 52.7 Å². The molecule has 0 bridgehead atoms. The van der Waals surface area contributed by atoms with Gasteiger partial charge in [-0.3, -0.25) is 14.6 Å². The molecule has 1 saturated heterocycles. The molecule has 0 saturated carbocycles. The first kappa shape index (κ1) is 23.3. The molecule has 35 heavy (non-hydrogen) atoms. The number of ether oxygens (including phenoxy) is 1. The van der Waals surface area contributed by atoms with E-state index in [1.54, 1.807) is 13.2 Å². The maximum atomic E-state index is 13.1. The van der Waals surface area contributed by atoms with Gasteiger partial charge in [0.25, 0.3) is 11.8 Å². The van der Waals surface area contributed by atoms with E-state index in [9.17, 15) is 9.59 Å². The normalized spacial score (nSPS) is 15.8. The first-order chi connectivity index (χ1) is 16.9. The second kappa shape index (κ2) is 9.31. The van der Waals surface area contributed by atoms with Crippen LogP contribution >= 0.6 is 11.3 Å². The number of aromatic nitrogens is 2. The molecular weight excluding hydrogens is 462 g/mol. The van der Waals surface area contributed by atoms with Crippen molar-refractivity contribution in [1.82, 2.24) is 25.1 Å². The van der Waals surface area contributed by atoms with Gasteiger partial charge in [0.2, 0.25) is 0 Å². The predicted molar refractivity (Wildman–Crippen MR) is 139 cm³/mol. The number of thiophene rings is 1. The molecule has 2 amide bonds. The zero-order chi connectivity index (χ0) is 24.7. The fraction of sp³-hybridized carbons (Fsp3) is 0.346. The van der Waals surface area contributed by atoms with Crippen molar-refractivity contribution in [1.29, 1.82) is 0 Å². The number of hydrogen-bond acceptors (Lipinski definition) is 6. The van der Waals surface area contributed by atoms with Gasteiger partial charge in [0.15, 0.2) is 0 Å². The number of rotatable bonds is 6. The molecule has 3 aromatic heterocycles. The molecule has 1 atom stereocenters. The number of likely N-dealkylation sites (tertiary alicyclic amines) is 1. The molecule has 5 rings (SSSR count). The Kier molecular flexibility index (Phi) is 6.21. The van der Waals surface area contributed by atoms with Crippen molar-refractivity contribution in [3.63, 3.8) is 0 Å². The van der Waals surface area contributed by atoms with Crippen molar-refractivity contribution in [2.24, 2.45) is 13.0 Å². The Balaban J connectivity index is 1.44. The summed E-state index contributed by atoms with van der Waals surface area (Å²) >= 11 is 1.42. The number of aryl methyl sites for hydroxylation is 1. The molecule has 4 heterocycles. The van der Waals surface area contributed by atoms with Crippen LogP contribution in [0.1, 0.15) is 32.1 Å². The van der Waals surface area contributed by atoms with Crippen LogP contribution in [0.4, 0.5) is 0 Å².